The number of nitrogens with zero attached hydrogens (tertiary/aromatic N) is 2. The molecule has 0 N–H and O–H groups in total. The first kappa shape index (κ1) is 13.3. The van der Waals surface area contributed by atoms with E-state index in [1.54, 1.807) is 23.9 Å². The van der Waals surface area contributed by atoms with Crippen molar-refractivity contribution in [3.63, 3.8) is 0 Å². The van der Waals surface area contributed by atoms with Crippen LogP contribution in [0.1, 0.15) is 34.1 Å². The monoisotopic (exact) mass is 200 g/mol. The van der Waals surface area contributed by atoms with Gasteiger partial charge in [0.15, 0.2) is 0 Å². The molecule has 0 saturated heterocycles. The molecule has 3 nitrogen and oxygen atoms in total. The Morgan fingerprint density at radius 2 is 1.64 bits per heavy atom. The number of urea groups is 1. The van der Waals surface area contributed by atoms with Crippen molar-refractivity contribution in [2.75, 3.05) is 21.1 Å². The molecule has 0 spiro atoms. The Balaban J connectivity index is 4.26. The Morgan fingerprint density at radius 3 is 1.93 bits per heavy atom. The Labute approximate surface area is 88.1 Å². The van der Waals surface area contributed by atoms with Crippen LogP contribution < -0.4 is 0 Å². The van der Waals surface area contributed by atoms with Gasteiger partial charge in [-0.05, 0) is 18.8 Å². The first-order valence-electron chi connectivity index (χ1n) is 5.09. The van der Waals surface area contributed by atoms with Crippen LogP contribution in [-0.4, -0.2) is 43.0 Å². The lowest BCUT2D eigenvalue weighted by Crippen LogP contribution is -2.43. The van der Waals surface area contributed by atoms with Gasteiger partial charge >= 0.3 is 6.03 Å². The van der Waals surface area contributed by atoms with Crippen molar-refractivity contribution in [3.05, 3.63) is 0 Å². The van der Waals surface area contributed by atoms with Crippen LogP contribution in [0.5, 0.6) is 0 Å². The topological polar surface area (TPSA) is 23.6 Å². The molecule has 3 heteroatoms. The molecule has 0 aromatic carbocycles. The van der Waals surface area contributed by atoms with Crippen LogP contribution in [0, 0.1) is 5.41 Å². The van der Waals surface area contributed by atoms with Crippen molar-refractivity contribution in [3.8, 4) is 0 Å². The third-order valence-electron chi connectivity index (χ3n) is 2.25. The zero-order valence-corrected chi connectivity index (χ0v) is 10.6. The van der Waals surface area contributed by atoms with Gasteiger partial charge in [0, 0.05) is 27.2 Å². The summed E-state index contributed by atoms with van der Waals surface area (Å²) >= 11 is 0. The molecule has 84 valence electrons. The van der Waals surface area contributed by atoms with E-state index in [9.17, 15) is 4.79 Å². The summed E-state index contributed by atoms with van der Waals surface area (Å²) in [6, 6.07) is 0.353. The molecular weight excluding hydrogens is 176 g/mol. The fraction of sp³-hybridized carbons (Fsp3) is 0.909. The fourth-order valence-electron chi connectivity index (χ4n) is 1.53. The van der Waals surface area contributed by atoms with Crippen LogP contribution in [0.25, 0.3) is 0 Å². The SMILES string of the molecule is CC(CC(C)(C)C)N(C)C(=O)N(C)C. The fourth-order valence-corrected chi connectivity index (χ4v) is 1.53. The first-order chi connectivity index (χ1) is 6.15. The molecule has 0 fully saturated rings. The molecule has 0 rings (SSSR count). The van der Waals surface area contributed by atoms with E-state index < -0.39 is 0 Å². The maximum absolute atomic E-state index is 11.6. The van der Waals surface area contributed by atoms with Crippen molar-refractivity contribution in [2.45, 2.75) is 40.2 Å². The van der Waals surface area contributed by atoms with Crippen molar-refractivity contribution in [1.29, 1.82) is 0 Å². The van der Waals surface area contributed by atoms with Crippen molar-refractivity contribution in [2.24, 2.45) is 5.41 Å². The molecule has 0 aromatic heterocycles. The molecule has 1 atom stereocenters. The summed E-state index contributed by atoms with van der Waals surface area (Å²) in [6.07, 6.45) is 1.02. The molecule has 0 bridgehead atoms. The summed E-state index contributed by atoms with van der Waals surface area (Å²) in [5.74, 6) is 0. The van der Waals surface area contributed by atoms with Crippen LogP contribution in [0.4, 0.5) is 4.79 Å². The van der Waals surface area contributed by atoms with Gasteiger partial charge in [0.25, 0.3) is 0 Å². The molecule has 0 aromatic rings. The number of rotatable bonds is 2. The number of hydrogen-bond donors (Lipinski definition) is 0. The van der Waals surface area contributed by atoms with E-state index in [2.05, 4.69) is 27.7 Å². The Kier molecular flexibility index (Phi) is 4.43. The van der Waals surface area contributed by atoms with E-state index in [1.165, 1.54) is 0 Å². The van der Waals surface area contributed by atoms with Crippen LogP contribution in [0.15, 0.2) is 0 Å². The summed E-state index contributed by atoms with van der Waals surface area (Å²) in [4.78, 5) is 15.0. The van der Waals surface area contributed by atoms with Crippen LogP contribution in [0.2, 0.25) is 0 Å². The van der Waals surface area contributed by atoms with Gasteiger partial charge in [0.1, 0.15) is 0 Å². The highest BCUT2D eigenvalue weighted by atomic mass is 16.2. The van der Waals surface area contributed by atoms with Crippen molar-refractivity contribution < 1.29 is 4.79 Å². The quantitative estimate of drug-likeness (QED) is 0.671. The number of amides is 2. The maximum Gasteiger partial charge on any atom is 0.319 e. The minimum atomic E-state index is 0.0711. The van der Waals surface area contributed by atoms with Gasteiger partial charge in [-0.2, -0.15) is 0 Å². The first-order valence-corrected chi connectivity index (χ1v) is 5.09. The Morgan fingerprint density at radius 1 is 1.21 bits per heavy atom. The molecule has 2 amide bonds. The zero-order valence-electron chi connectivity index (χ0n) is 10.6. The smallest absolute Gasteiger partial charge is 0.319 e. The molecule has 0 aliphatic rings. The second kappa shape index (κ2) is 4.67. The highest BCUT2D eigenvalue weighted by Crippen LogP contribution is 2.23. The van der Waals surface area contributed by atoms with Crippen molar-refractivity contribution >= 4 is 6.03 Å². The molecule has 14 heavy (non-hydrogen) atoms. The second-order valence-electron chi connectivity index (χ2n) is 5.40. The van der Waals surface area contributed by atoms with Gasteiger partial charge in [-0.15, -0.1) is 0 Å². The van der Waals surface area contributed by atoms with Crippen LogP contribution in [0.3, 0.4) is 0 Å². The van der Waals surface area contributed by atoms with Crippen LogP contribution >= 0.6 is 0 Å². The Bertz CT molecular complexity index is 194. The van der Waals surface area contributed by atoms with Gasteiger partial charge in [-0.3, -0.25) is 0 Å². The lowest BCUT2D eigenvalue weighted by Gasteiger charge is -2.32. The van der Waals surface area contributed by atoms with Gasteiger partial charge in [-0.1, -0.05) is 20.8 Å². The summed E-state index contributed by atoms with van der Waals surface area (Å²) < 4.78 is 0. The highest BCUT2D eigenvalue weighted by Gasteiger charge is 2.22. The summed E-state index contributed by atoms with van der Waals surface area (Å²) in [6.45, 7) is 8.67. The second-order valence-corrected chi connectivity index (χ2v) is 5.40. The van der Waals surface area contributed by atoms with Gasteiger partial charge < -0.3 is 9.80 Å². The van der Waals surface area contributed by atoms with E-state index in [1.807, 2.05) is 7.05 Å². The third kappa shape index (κ3) is 4.49. The predicted octanol–water partition coefficient (Wildman–Crippen LogP) is 2.42. The van der Waals surface area contributed by atoms with Crippen molar-refractivity contribution in [1.82, 2.24) is 9.80 Å². The van der Waals surface area contributed by atoms with Gasteiger partial charge in [0.2, 0.25) is 0 Å². The van der Waals surface area contributed by atoms with E-state index in [0.29, 0.717) is 0 Å². The van der Waals surface area contributed by atoms with E-state index in [4.69, 9.17) is 0 Å². The minimum Gasteiger partial charge on any atom is -0.331 e. The van der Waals surface area contributed by atoms with Gasteiger partial charge in [0.05, 0.1) is 0 Å². The lowest BCUT2D eigenvalue weighted by atomic mass is 9.88. The molecule has 0 saturated carbocycles. The third-order valence-corrected chi connectivity index (χ3v) is 2.25. The Hall–Kier alpha value is -0.730. The number of hydrogen-bond acceptors (Lipinski definition) is 1. The molecule has 1 unspecified atom stereocenters. The normalized spacial score (nSPS) is 13.6. The van der Waals surface area contributed by atoms with E-state index >= 15 is 0 Å². The lowest BCUT2D eigenvalue weighted by molar-refractivity contribution is 0.152. The number of carbonyl (C=O) groups excluding carboxylic acids is 1. The largest absolute Gasteiger partial charge is 0.331 e. The molecule has 0 aliphatic heterocycles. The summed E-state index contributed by atoms with van der Waals surface area (Å²) in [7, 11) is 5.42. The predicted molar refractivity (Wildman–Crippen MR) is 60.4 cm³/mol. The maximum atomic E-state index is 11.6. The average Bonchev–Trinajstić information content (AvgIpc) is 1.98. The van der Waals surface area contributed by atoms with Gasteiger partial charge in [-0.25, -0.2) is 4.79 Å². The van der Waals surface area contributed by atoms with E-state index in [-0.39, 0.29) is 17.5 Å². The molecular formula is C11H24N2O. The standard InChI is InChI=1S/C11H24N2O/c1-9(8-11(2,3)4)13(7)10(14)12(5)6/h9H,8H2,1-7H3. The summed E-state index contributed by atoms with van der Waals surface area (Å²) in [5.41, 5.74) is 0.264. The average molecular weight is 200 g/mol. The highest BCUT2D eigenvalue weighted by molar-refractivity contribution is 5.73. The van der Waals surface area contributed by atoms with E-state index in [0.717, 1.165) is 6.42 Å². The summed E-state index contributed by atoms with van der Waals surface area (Å²) in [5, 5.41) is 0. The molecule has 0 aliphatic carbocycles. The molecule has 0 heterocycles. The minimum absolute atomic E-state index is 0.0711. The molecule has 0 radical (unpaired) electrons. The number of carbonyl (C=O) groups is 1. The van der Waals surface area contributed by atoms with Crippen LogP contribution in [-0.2, 0) is 0 Å². The zero-order chi connectivity index (χ0) is 11.5.